The number of aromatic nitrogens is 2. The van der Waals surface area contributed by atoms with Crippen molar-refractivity contribution in [2.24, 2.45) is 10.9 Å². The van der Waals surface area contributed by atoms with Gasteiger partial charge in [0.15, 0.2) is 5.84 Å². The van der Waals surface area contributed by atoms with E-state index in [0.29, 0.717) is 13.2 Å². The van der Waals surface area contributed by atoms with E-state index >= 15 is 0 Å². The van der Waals surface area contributed by atoms with Crippen molar-refractivity contribution in [1.29, 1.82) is 0 Å². The lowest BCUT2D eigenvalue weighted by Crippen LogP contribution is -2.49. The number of nitrogens with zero attached hydrogens (tertiary/aromatic N) is 4. The highest BCUT2D eigenvalue weighted by atomic mass is 16.5. The van der Waals surface area contributed by atoms with Crippen molar-refractivity contribution >= 4 is 11.7 Å². The molecule has 1 fully saturated rings. The van der Waals surface area contributed by atoms with E-state index in [4.69, 9.17) is 15.7 Å². The van der Waals surface area contributed by atoms with Crippen LogP contribution in [0.5, 0.6) is 0 Å². The van der Waals surface area contributed by atoms with Crippen LogP contribution in [0.3, 0.4) is 0 Å². The number of anilines is 1. The van der Waals surface area contributed by atoms with Crippen molar-refractivity contribution in [3.63, 3.8) is 0 Å². The van der Waals surface area contributed by atoms with Gasteiger partial charge in [-0.05, 0) is 25.7 Å². The number of fused-ring (bicyclic) bond motifs is 1. The van der Waals surface area contributed by atoms with E-state index in [0.717, 1.165) is 30.9 Å². The Balaban J connectivity index is 1.85. The van der Waals surface area contributed by atoms with Crippen LogP contribution in [0.2, 0.25) is 0 Å². The largest absolute Gasteiger partial charge is 0.409 e. The van der Waals surface area contributed by atoms with E-state index < -0.39 is 0 Å². The van der Waals surface area contributed by atoms with Crippen LogP contribution in [0.15, 0.2) is 11.5 Å². The molecule has 108 valence electrons. The standard InChI is InChI=1S/C13H19N5O2/c14-12(17-19)11-7-18(5-6-20-11)13-9-3-1-2-4-10(9)15-8-16-13/h8,11,19H,1-7H2,(H2,14,17). The van der Waals surface area contributed by atoms with E-state index in [-0.39, 0.29) is 11.9 Å². The van der Waals surface area contributed by atoms with Crippen LogP contribution in [-0.2, 0) is 17.6 Å². The summed E-state index contributed by atoms with van der Waals surface area (Å²) in [5.74, 6) is 1.09. The van der Waals surface area contributed by atoms with Gasteiger partial charge in [0.25, 0.3) is 0 Å². The molecule has 0 amide bonds. The summed E-state index contributed by atoms with van der Waals surface area (Å²) in [6.07, 6.45) is 5.67. The Labute approximate surface area is 117 Å². The number of morpholine rings is 1. The Hall–Kier alpha value is -1.89. The van der Waals surface area contributed by atoms with Crippen molar-refractivity contribution in [3.05, 3.63) is 17.6 Å². The van der Waals surface area contributed by atoms with Crippen molar-refractivity contribution in [1.82, 2.24) is 9.97 Å². The highest BCUT2D eigenvalue weighted by Gasteiger charge is 2.27. The lowest BCUT2D eigenvalue weighted by atomic mass is 9.96. The third-order valence-corrected chi connectivity index (χ3v) is 3.91. The summed E-state index contributed by atoms with van der Waals surface area (Å²) < 4.78 is 5.53. The number of nitrogens with two attached hydrogens (primary N) is 1. The van der Waals surface area contributed by atoms with Gasteiger partial charge in [0.05, 0.1) is 13.2 Å². The highest BCUT2D eigenvalue weighted by Crippen LogP contribution is 2.28. The first-order chi connectivity index (χ1) is 9.79. The van der Waals surface area contributed by atoms with Gasteiger partial charge in [-0.15, -0.1) is 0 Å². The zero-order chi connectivity index (χ0) is 13.9. The minimum Gasteiger partial charge on any atom is -0.409 e. The molecule has 3 N–H and O–H groups in total. The fraction of sp³-hybridized carbons (Fsp3) is 0.615. The number of aryl methyl sites for hydroxylation is 1. The third-order valence-electron chi connectivity index (χ3n) is 3.91. The molecule has 20 heavy (non-hydrogen) atoms. The van der Waals surface area contributed by atoms with Crippen LogP contribution in [0, 0.1) is 0 Å². The molecule has 1 aromatic heterocycles. The first-order valence-electron chi connectivity index (χ1n) is 6.96. The fourth-order valence-corrected chi connectivity index (χ4v) is 2.86. The SMILES string of the molecule is NC(=NO)C1CN(c2ncnc3c2CCCC3)CCO1. The average molecular weight is 277 g/mol. The smallest absolute Gasteiger partial charge is 0.170 e. The van der Waals surface area contributed by atoms with Gasteiger partial charge in [0, 0.05) is 17.8 Å². The minimum absolute atomic E-state index is 0.109. The van der Waals surface area contributed by atoms with Gasteiger partial charge in [-0.25, -0.2) is 9.97 Å². The molecule has 2 heterocycles. The molecule has 0 spiro atoms. The van der Waals surface area contributed by atoms with E-state index in [2.05, 4.69) is 20.0 Å². The van der Waals surface area contributed by atoms with E-state index in [1.165, 1.54) is 18.4 Å². The molecule has 1 unspecified atom stereocenters. The molecule has 7 heteroatoms. The summed E-state index contributed by atoms with van der Waals surface area (Å²) in [6, 6.07) is 0. The monoisotopic (exact) mass is 277 g/mol. The molecule has 7 nitrogen and oxygen atoms in total. The van der Waals surface area contributed by atoms with Gasteiger partial charge in [0.2, 0.25) is 0 Å². The summed E-state index contributed by atoms with van der Waals surface area (Å²) in [7, 11) is 0. The van der Waals surface area contributed by atoms with Gasteiger partial charge in [-0.2, -0.15) is 0 Å². The summed E-state index contributed by atoms with van der Waals surface area (Å²) >= 11 is 0. The third kappa shape index (κ3) is 2.40. The van der Waals surface area contributed by atoms with Crippen LogP contribution in [-0.4, -0.2) is 46.8 Å². The van der Waals surface area contributed by atoms with Crippen LogP contribution >= 0.6 is 0 Å². The Morgan fingerprint density at radius 3 is 3.10 bits per heavy atom. The van der Waals surface area contributed by atoms with Crippen LogP contribution in [0.1, 0.15) is 24.1 Å². The predicted octanol–water partition coefficient (Wildman–Crippen LogP) is 0.307. The van der Waals surface area contributed by atoms with E-state index in [9.17, 15) is 0 Å². The Bertz CT molecular complexity index is 519. The van der Waals surface area contributed by atoms with Gasteiger partial charge < -0.3 is 20.6 Å². The minimum atomic E-state index is -0.386. The summed E-state index contributed by atoms with van der Waals surface area (Å²) in [4.78, 5) is 11.0. The second-order valence-electron chi connectivity index (χ2n) is 5.16. The maximum atomic E-state index is 8.77. The summed E-state index contributed by atoms with van der Waals surface area (Å²) in [5.41, 5.74) is 8.05. The average Bonchev–Trinajstić information content (AvgIpc) is 2.53. The molecule has 1 aliphatic carbocycles. The lowest BCUT2D eigenvalue weighted by molar-refractivity contribution is 0.0803. The van der Waals surface area contributed by atoms with Crippen LogP contribution in [0.25, 0.3) is 0 Å². The fourth-order valence-electron chi connectivity index (χ4n) is 2.86. The zero-order valence-electron chi connectivity index (χ0n) is 11.3. The molecule has 2 aliphatic rings. The Morgan fingerprint density at radius 2 is 2.25 bits per heavy atom. The number of ether oxygens (including phenoxy) is 1. The Morgan fingerprint density at radius 1 is 1.40 bits per heavy atom. The van der Waals surface area contributed by atoms with Crippen molar-refractivity contribution in [2.75, 3.05) is 24.6 Å². The number of hydrogen-bond acceptors (Lipinski definition) is 6. The summed E-state index contributed by atoms with van der Waals surface area (Å²) in [5, 5.41) is 11.8. The van der Waals surface area contributed by atoms with Crippen molar-refractivity contribution in [3.8, 4) is 0 Å². The molecule has 1 atom stereocenters. The second-order valence-corrected chi connectivity index (χ2v) is 5.16. The van der Waals surface area contributed by atoms with Crippen LogP contribution < -0.4 is 10.6 Å². The number of hydrogen-bond donors (Lipinski definition) is 2. The molecule has 1 aromatic rings. The maximum absolute atomic E-state index is 8.77. The number of oxime groups is 1. The number of rotatable bonds is 2. The van der Waals surface area contributed by atoms with Gasteiger partial charge in [0.1, 0.15) is 18.2 Å². The van der Waals surface area contributed by atoms with Gasteiger partial charge >= 0.3 is 0 Å². The highest BCUT2D eigenvalue weighted by molar-refractivity contribution is 5.85. The van der Waals surface area contributed by atoms with E-state index in [1.54, 1.807) is 6.33 Å². The Kier molecular flexibility index (Phi) is 3.68. The van der Waals surface area contributed by atoms with Gasteiger partial charge in [-0.1, -0.05) is 5.16 Å². The quantitative estimate of drug-likeness (QED) is 0.349. The normalized spacial score (nSPS) is 23.5. The maximum Gasteiger partial charge on any atom is 0.170 e. The molecule has 3 rings (SSSR count). The first-order valence-corrected chi connectivity index (χ1v) is 6.96. The van der Waals surface area contributed by atoms with Crippen LogP contribution in [0.4, 0.5) is 5.82 Å². The first kappa shape index (κ1) is 13.1. The molecule has 0 aromatic carbocycles. The van der Waals surface area contributed by atoms with Crippen molar-refractivity contribution in [2.45, 2.75) is 31.8 Å². The molecule has 1 saturated heterocycles. The molecule has 0 bridgehead atoms. The lowest BCUT2D eigenvalue weighted by Gasteiger charge is -2.34. The molecular weight excluding hydrogens is 258 g/mol. The molecular formula is C13H19N5O2. The van der Waals surface area contributed by atoms with Crippen molar-refractivity contribution < 1.29 is 9.94 Å². The molecule has 0 saturated carbocycles. The topological polar surface area (TPSA) is 96.9 Å². The predicted molar refractivity (Wildman–Crippen MR) is 74.0 cm³/mol. The second kappa shape index (κ2) is 5.62. The zero-order valence-corrected chi connectivity index (χ0v) is 11.3. The summed E-state index contributed by atoms with van der Waals surface area (Å²) in [6.45, 7) is 1.86. The van der Waals surface area contributed by atoms with Gasteiger partial charge in [-0.3, -0.25) is 0 Å². The number of amidine groups is 1. The molecule has 1 aliphatic heterocycles. The molecule has 0 radical (unpaired) electrons. The van der Waals surface area contributed by atoms with E-state index in [1.807, 2.05) is 0 Å².